The molecular formula is C18H28Cl2N2. The Hall–Kier alpha value is -0.280. The van der Waals surface area contributed by atoms with Crippen molar-refractivity contribution in [3.05, 3.63) is 35.4 Å². The molecule has 1 heterocycles. The van der Waals surface area contributed by atoms with E-state index in [4.69, 9.17) is 0 Å². The van der Waals surface area contributed by atoms with Crippen molar-refractivity contribution in [3.63, 3.8) is 0 Å². The molecule has 1 saturated heterocycles. The van der Waals surface area contributed by atoms with E-state index in [1.807, 2.05) is 0 Å². The number of piperidine rings is 1. The van der Waals surface area contributed by atoms with Crippen molar-refractivity contribution in [2.24, 2.45) is 5.92 Å². The van der Waals surface area contributed by atoms with Gasteiger partial charge in [-0.1, -0.05) is 24.3 Å². The van der Waals surface area contributed by atoms with Gasteiger partial charge in [0.15, 0.2) is 0 Å². The van der Waals surface area contributed by atoms with E-state index < -0.39 is 0 Å². The number of aryl methyl sites for hydroxylation is 1. The molecule has 3 aliphatic rings. The fourth-order valence-electron chi connectivity index (χ4n) is 4.50. The van der Waals surface area contributed by atoms with Gasteiger partial charge in [0.25, 0.3) is 0 Å². The van der Waals surface area contributed by atoms with E-state index in [-0.39, 0.29) is 24.8 Å². The van der Waals surface area contributed by atoms with Gasteiger partial charge in [0.2, 0.25) is 0 Å². The van der Waals surface area contributed by atoms with Crippen molar-refractivity contribution < 1.29 is 0 Å². The Morgan fingerprint density at radius 1 is 1.14 bits per heavy atom. The number of rotatable bonds is 4. The first-order chi connectivity index (χ1) is 9.88. The molecule has 124 valence electrons. The zero-order valence-electron chi connectivity index (χ0n) is 13.1. The van der Waals surface area contributed by atoms with E-state index in [1.54, 1.807) is 11.1 Å². The molecule has 4 rings (SSSR count). The van der Waals surface area contributed by atoms with Gasteiger partial charge in [0, 0.05) is 11.5 Å². The van der Waals surface area contributed by atoms with Gasteiger partial charge in [-0.05, 0) is 75.2 Å². The molecular weight excluding hydrogens is 315 g/mol. The maximum Gasteiger partial charge on any atom is 0.0174 e. The molecule has 0 amide bonds. The zero-order valence-corrected chi connectivity index (χ0v) is 14.8. The molecule has 1 saturated carbocycles. The second-order valence-corrected chi connectivity index (χ2v) is 7.01. The second-order valence-electron chi connectivity index (χ2n) is 7.01. The van der Waals surface area contributed by atoms with Crippen LogP contribution >= 0.6 is 24.8 Å². The van der Waals surface area contributed by atoms with Crippen LogP contribution < -0.4 is 10.6 Å². The van der Waals surface area contributed by atoms with Crippen molar-refractivity contribution >= 4 is 24.8 Å². The summed E-state index contributed by atoms with van der Waals surface area (Å²) in [5, 5.41) is 7.31. The Balaban J connectivity index is 0.000000882. The number of fused-ring (bicyclic) bond motifs is 2. The number of hydrogen-bond donors (Lipinski definition) is 2. The first-order valence-corrected chi connectivity index (χ1v) is 8.41. The van der Waals surface area contributed by atoms with Crippen LogP contribution in [0.4, 0.5) is 0 Å². The molecule has 2 atom stereocenters. The standard InChI is InChI=1S/C18H26N2.2ClH/c1-2-4-16-15(3-1)5-9-18(16)13-17(18)20-12-8-14-6-10-19-11-7-14;;/h1-4,14,17,19-20H,5-13H2;2*1H/t17-,18-;;/m1../s1. The van der Waals surface area contributed by atoms with Crippen LogP contribution in [0.3, 0.4) is 0 Å². The monoisotopic (exact) mass is 342 g/mol. The third-order valence-electron chi connectivity index (χ3n) is 5.87. The van der Waals surface area contributed by atoms with Gasteiger partial charge in [0.1, 0.15) is 0 Å². The third-order valence-corrected chi connectivity index (χ3v) is 5.87. The summed E-state index contributed by atoms with van der Waals surface area (Å²) in [6, 6.07) is 9.87. The van der Waals surface area contributed by atoms with Crippen LogP contribution in [-0.4, -0.2) is 25.7 Å². The summed E-state index contributed by atoms with van der Waals surface area (Å²) in [5.74, 6) is 0.953. The van der Waals surface area contributed by atoms with Crippen LogP contribution in [0.2, 0.25) is 0 Å². The number of hydrogen-bond acceptors (Lipinski definition) is 2. The predicted molar refractivity (Wildman–Crippen MR) is 97.6 cm³/mol. The Bertz CT molecular complexity index is 488. The minimum atomic E-state index is 0. The number of halogens is 2. The summed E-state index contributed by atoms with van der Waals surface area (Å²) in [5.41, 5.74) is 3.78. The molecule has 2 aliphatic carbocycles. The zero-order chi connectivity index (χ0) is 13.4. The van der Waals surface area contributed by atoms with Crippen molar-refractivity contribution in [3.8, 4) is 0 Å². The molecule has 2 nitrogen and oxygen atoms in total. The number of benzene rings is 1. The first kappa shape index (κ1) is 18.1. The van der Waals surface area contributed by atoms with Crippen LogP contribution in [0.5, 0.6) is 0 Å². The van der Waals surface area contributed by atoms with Crippen molar-refractivity contribution in [2.45, 2.75) is 50.0 Å². The Morgan fingerprint density at radius 2 is 1.91 bits per heavy atom. The normalized spacial score (nSPS) is 29.5. The molecule has 0 bridgehead atoms. The summed E-state index contributed by atoms with van der Waals surface area (Å²) in [6.07, 6.45) is 8.16. The lowest BCUT2D eigenvalue weighted by molar-refractivity contribution is 0.346. The minimum Gasteiger partial charge on any atom is -0.317 e. The van der Waals surface area contributed by atoms with Crippen LogP contribution in [0.25, 0.3) is 0 Å². The van der Waals surface area contributed by atoms with Crippen LogP contribution in [0.1, 0.15) is 43.2 Å². The van der Waals surface area contributed by atoms with Gasteiger partial charge in [-0.25, -0.2) is 0 Å². The van der Waals surface area contributed by atoms with Crippen molar-refractivity contribution in [1.82, 2.24) is 10.6 Å². The lowest BCUT2D eigenvalue weighted by Crippen LogP contribution is -2.31. The van der Waals surface area contributed by atoms with Gasteiger partial charge in [0.05, 0.1) is 0 Å². The lowest BCUT2D eigenvalue weighted by Gasteiger charge is -2.22. The first-order valence-electron chi connectivity index (χ1n) is 8.41. The number of nitrogens with one attached hydrogen (secondary N) is 2. The Morgan fingerprint density at radius 3 is 2.73 bits per heavy atom. The summed E-state index contributed by atoms with van der Waals surface area (Å²) in [6.45, 7) is 3.68. The molecule has 4 heteroatoms. The van der Waals surface area contributed by atoms with Gasteiger partial charge in [-0.2, -0.15) is 0 Å². The third kappa shape index (κ3) is 3.31. The Labute approximate surface area is 146 Å². The predicted octanol–water partition coefficient (Wildman–Crippen LogP) is 3.47. The molecule has 22 heavy (non-hydrogen) atoms. The average Bonchev–Trinajstić information content (AvgIpc) is 3.08. The van der Waals surface area contributed by atoms with Gasteiger partial charge >= 0.3 is 0 Å². The molecule has 0 aromatic heterocycles. The van der Waals surface area contributed by atoms with Gasteiger partial charge < -0.3 is 10.6 Å². The fraction of sp³-hybridized carbons (Fsp3) is 0.667. The second kappa shape index (κ2) is 7.53. The highest BCUT2D eigenvalue weighted by atomic mass is 35.5. The van der Waals surface area contributed by atoms with Crippen LogP contribution in [0.15, 0.2) is 24.3 Å². The van der Waals surface area contributed by atoms with Gasteiger partial charge in [-0.15, -0.1) is 24.8 Å². The van der Waals surface area contributed by atoms with Crippen molar-refractivity contribution in [1.29, 1.82) is 0 Å². The van der Waals surface area contributed by atoms with E-state index in [2.05, 4.69) is 34.9 Å². The van der Waals surface area contributed by atoms with E-state index in [1.165, 1.54) is 58.2 Å². The SMILES string of the molecule is Cl.Cl.c1ccc2c(c1)CC[C@@]21C[C@H]1NCCC1CCNCC1. The van der Waals surface area contributed by atoms with E-state index in [0.29, 0.717) is 5.41 Å². The van der Waals surface area contributed by atoms with E-state index >= 15 is 0 Å². The largest absolute Gasteiger partial charge is 0.317 e. The maximum atomic E-state index is 3.86. The summed E-state index contributed by atoms with van der Waals surface area (Å²) in [7, 11) is 0. The molecule has 2 fully saturated rings. The summed E-state index contributed by atoms with van der Waals surface area (Å²) >= 11 is 0. The molecule has 1 spiro atoms. The Kier molecular flexibility index (Phi) is 6.18. The molecule has 1 aliphatic heterocycles. The summed E-state index contributed by atoms with van der Waals surface area (Å²) in [4.78, 5) is 0. The average molecular weight is 343 g/mol. The van der Waals surface area contributed by atoms with Crippen LogP contribution in [0, 0.1) is 5.92 Å². The molecule has 0 unspecified atom stereocenters. The van der Waals surface area contributed by atoms with E-state index in [9.17, 15) is 0 Å². The van der Waals surface area contributed by atoms with E-state index in [0.717, 1.165) is 12.0 Å². The lowest BCUT2D eigenvalue weighted by atomic mass is 9.94. The highest BCUT2D eigenvalue weighted by molar-refractivity contribution is 5.85. The smallest absolute Gasteiger partial charge is 0.0174 e. The molecule has 1 aromatic rings. The topological polar surface area (TPSA) is 24.1 Å². The minimum absolute atomic E-state index is 0. The maximum absolute atomic E-state index is 3.86. The highest BCUT2D eigenvalue weighted by Crippen LogP contribution is 2.56. The molecule has 2 N–H and O–H groups in total. The molecule has 0 radical (unpaired) electrons. The van der Waals surface area contributed by atoms with Crippen LogP contribution in [-0.2, 0) is 11.8 Å². The highest BCUT2D eigenvalue weighted by Gasteiger charge is 2.57. The quantitative estimate of drug-likeness (QED) is 0.875. The van der Waals surface area contributed by atoms with Gasteiger partial charge in [-0.3, -0.25) is 0 Å². The fourth-order valence-corrected chi connectivity index (χ4v) is 4.50. The molecule has 1 aromatic carbocycles. The summed E-state index contributed by atoms with van der Waals surface area (Å²) < 4.78 is 0. The van der Waals surface area contributed by atoms with Crippen molar-refractivity contribution in [2.75, 3.05) is 19.6 Å².